The zero-order chi connectivity index (χ0) is 20.5. The standard InChI is InChI=1S/C24H36O4/c1-14-12-18-19(22(4)9-6-17(27)13-21(14)22)7-10-23(5)20(18)8-11-24(23,15(2)25)28-16(3)26/h13-14,17-20,27H,6-12H2,1-5H3/t14-,17+,18+,19-,20-,22+,23-,24+/m0/s1. The van der Waals surface area contributed by atoms with Crippen molar-refractivity contribution in [1.82, 2.24) is 0 Å². The lowest BCUT2D eigenvalue weighted by Crippen LogP contribution is -2.59. The number of hydrogen-bond donors (Lipinski definition) is 1. The first kappa shape index (κ1) is 20.1. The summed E-state index contributed by atoms with van der Waals surface area (Å²) >= 11 is 0. The number of allylic oxidation sites excluding steroid dienone is 1. The fraction of sp³-hybridized carbons (Fsp3) is 0.833. The van der Waals surface area contributed by atoms with E-state index in [0.29, 0.717) is 30.1 Å². The minimum atomic E-state index is -0.947. The molecule has 156 valence electrons. The van der Waals surface area contributed by atoms with Crippen LogP contribution in [0.2, 0.25) is 0 Å². The molecule has 28 heavy (non-hydrogen) atoms. The molecule has 0 spiro atoms. The summed E-state index contributed by atoms with van der Waals surface area (Å²) in [6, 6.07) is 0. The lowest BCUT2D eigenvalue weighted by atomic mass is 9.44. The van der Waals surface area contributed by atoms with Crippen LogP contribution in [0.3, 0.4) is 0 Å². The molecule has 4 rings (SSSR count). The fourth-order valence-electron chi connectivity index (χ4n) is 8.20. The van der Waals surface area contributed by atoms with E-state index in [2.05, 4.69) is 26.8 Å². The Morgan fingerprint density at radius 2 is 1.75 bits per heavy atom. The molecule has 0 aliphatic heterocycles. The number of aliphatic hydroxyl groups excluding tert-OH is 1. The van der Waals surface area contributed by atoms with Gasteiger partial charge in [0.05, 0.1) is 6.10 Å². The van der Waals surface area contributed by atoms with Gasteiger partial charge in [-0.05, 0) is 81.0 Å². The second-order valence-electron chi connectivity index (χ2n) is 10.6. The Kier molecular flexibility index (Phi) is 4.61. The lowest BCUT2D eigenvalue weighted by molar-refractivity contribution is -0.187. The van der Waals surface area contributed by atoms with Crippen molar-refractivity contribution in [3.8, 4) is 0 Å². The molecule has 4 heteroatoms. The van der Waals surface area contributed by atoms with Crippen molar-refractivity contribution in [3.63, 3.8) is 0 Å². The second-order valence-corrected chi connectivity index (χ2v) is 10.6. The SMILES string of the molecule is CC(=O)O[C@@]1(C(C)=O)CC[C@H]2[C@@H]3C[C@H](C)C4=C[C@H](O)CC[C@]4(C)[C@H]3CC[C@@]21C. The van der Waals surface area contributed by atoms with Gasteiger partial charge >= 0.3 is 5.97 Å². The van der Waals surface area contributed by atoms with Crippen molar-refractivity contribution in [2.45, 2.75) is 91.3 Å². The van der Waals surface area contributed by atoms with Gasteiger partial charge in [-0.15, -0.1) is 0 Å². The van der Waals surface area contributed by atoms with E-state index >= 15 is 0 Å². The first-order valence-electron chi connectivity index (χ1n) is 11.2. The van der Waals surface area contributed by atoms with Crippen LogP contribution in [0, 0.1) is 34.5 Å². The number of aliphatic hydroxyl groups is 1. The summed E-state index contributed by atoms with van der Waals surface area (Å²) in [5.41, 5.74) is 0.410. The molecule has 4 nitrogen and oxygen atoms in total. The fourth-order valence-corrected chi connectivity index (χ4v) is 8.20. The van der Waals surface area contributed by atoms with E-state index in [4.69, 9.17) is 4.74 Å². The number of ether oxygens (including phenoxy) is 1. The smallest absolute Gasteiger partial charge is 0.303 e. The Labute approximate surface area is 169 Å². The molecule has 0 radical (unpaired) electrons. The molecular formula is C24H36O4. The van der Waals surface area contributed by atoms with Crippen LogP contribution >= 0.6 is 0 Å². The van der Waals surface area contributed by atoms with Crippen LogP contribution in [0.5, 0.6) is 0 Å². The van der Waals surface area contributed by atoms with Crippen molar-refractivity contribution in [3.05, 3.63) is 11.6 Å². The van der Waals surface area contributed by atoms with Crippen LogP contribution in [0.25, 0.3) is 0 Å². The zero-order valence-electron chi connectivity index (χ0n) is 18.1. The molecule has 0 saturated heterocycles. The molecule has 0 aromatic carbocycles. The summed E-state index contributed by atoms with van der Waals surface area (Å²) in [5.74, 6) is 1.72. The highest BCUT2D eigenvalue weighted by Crippen LogP contribution is 2.69. The van der Waals surface area contributed by atoms with Crippen LogP contribution in [0.4, 0.5) is 0 Å². The quantitative estimate of drug-likeness (QED) is 0.561. The van der Waals surface area contributed by atoms with E-state index < -0.39 is 5.60 Å². The molecule has 8 atom stereocenters. The molecular weight excluding hydrogens is 352 g/mol. The summed E-state index contributed by atoms with van der Waals surface area (Å²) in [7, 11) is 0. The summed E-state index contributed by atoms with van der Waals surface area (Å²) in [6.45, 7) is 9.98. The van der Waals surface area contributed by atoms with Crippen LogP contribution in [-0.4, -0.2) is 28.6 Å². The van der Waals surface area contributed by atoms with Gasteiger partial charge in [-0.2, -0.15) is 0 Å². The highest BCUT2D eigenvalue weighted by atomic mass is 16.6. The van der Waals surface area contributed by atoms with Gasteiger partial charge in [-0.25, -0.2) is 0 Å². The van der Waals surface area contributed by atoms with Crippen molar-refractivity contribution in [1.29, 1.82) is 0 Å². The summed E-state index contributed by atoms with van der Waals surface area (Å²) in [6.07, 6.45) is 8.51. The van der Waals surface area contributed by atoms with Crippen molar-refractivity contribution >= 4 is 11.8 Å². The van der Waals surface area contributed by atoms with Crippen LogP contribution in [-0.2, 0) is 14.3 Å². The number of ketones is 1. The first-order chi connectivity index (χ1) is 13.0. The third kappa shape index (κ3) is 2.52. The first-order valence-corrected chi connectivity index (χ1v) is 11.2. The van der Waals surface area contributed by atoms with E-state index in [1.54, 1.807) is 6.92 Å². The maximum atomic E-state index is 12.8. The van der Waals surface area contributed by atoms with Gasteiger partial charge in [0.1, 0.15) is 0 Å². The van der Waals surface area contributed by atoms with E-state index in [1.165, 1.54) is 12.5 Å². The van der Waals surface area contributed by atoms with Gasteiger partial charge < -0.3 is 9.84 Å². The average molecular weight is 389 g/mol. The van der Waals surface area contributed by atoms with Crippen molar-refractivity contribution in [2.75, 3.05) is 0 Å². The second kappa shape index (κ2) is 6.42. The molecule has 4 aliphatic carbocycles. The zero-order valence-corrected chi connectivity index (χ0v) is 18.1. The highest BCUT2D eigenvalue weighted by molar-refractivity contribution is 5.89. The highest BCUT2D eigenvalue weighted by Gasteiger charge is 2.68. The number of carbonyl (C=O) groups excluding carboxylic acids is 2. The molecule has 1 N–H and O–H groups in total. The maximum absolute atomic E-state index is 12.8. The number of carbonyl (C=O) groups is 2. The molecule has 0 aromatic rings. The van der Waals surface area contributed by atoms with Gasteiger partial charge in [0.25, 0.3) is 0 Å². The summed E-state index contributed by atoms with van der Waals surface area (Å²) < 4.78 is 5.85. The molecule has 3 fully saturated rings. The minimum absolute atomic E-state index is 0.0163. The number of esters is 1. The number of hydrogen-bond acceptors (Lipinski definition) is 4. The monoisotopic (exact) mass is 388 g/mol. The maximum Gasteiger partial charge on any atom is 0.303 e. The topological polar surface area (TPSA) is 63.6 Å². The van der Waals surface area contributed by atoms with Crippen LogP contribution in [0.1, 0.15) is 79.6 Å². The molecule has 0 bridgehead atoms. The van der Waals surface area contributed by atoms with Crippen LogP contribution in [0.15, 0.2) is 11.6 Å². The Bertz CT molecular complexity index is 726. The summed E-state index contributed by atoms with van der Waals surface area (Å²) in [4.78, 5) is 24.7. The number of Topliss-reactive ketones (excluding diaryl/α,β-unsaturated/α-hetero) is 1. The molecule has 0 unspecified atom stereocenters. The molecule has 0 aromatic heterocycles. The predicted octanol–water partition coefficient (Wildman–Crippen LogP) is 4.45. The normalized spacial score (nSPS) is 50.1. The van der Waals surface area contributed by atoms with E-state index in [9.17, 15) is 14.7 Å². The lowest BCUT2D eigenvalue weighted by Gasteiger charge is -2.60. The van der Waals surface area contributed by atoms with E-state index in [0.717, 1.165) is 38.5 Å². The number of rotatable bonds is 2. The van der Waals surface area contributed by atoms with E-state index in [1.807, 2.05) is 0 Å². The molecule has 0 amide bonds. The van der Waals surface area contributed by atoms with Crippen molar-refractivity contribution in [2.24, 2.45) is 34.5 Å². The Morgan fingerprint density at radius 1 is 1.07 bits per heavy atom. The molecule has 4 aliphatic rings. The Morgan fingerprint density at radius 3 is 2.39 bits per heavy atom. The Hall–Kier alpha value is -1.16. The molecule has 3 saturated carbocycles. The number of fused-ring (bicyclic) bond motifs is 5. The summed E-state index contributed by atoms with van der Waals surface area (Å²) in [5, 5.41) is 10.2. The van der Waals surface area contributed by atoms with Gasteiger partial charge in [0.2, 0.25) is 0 Å². The van der Waals surface area contributed by atoms with Crippen LogP contribution < -0.4 is 0 Å². The van der Waals surface area contributed by atoms with E-state index in [-0.39, 0.29) is 28.7 Å². The van der Waals surface area contributed by atoms with Gasteiger partial charge in [0.15, 0.2) is 11.4 Å². The Balaban J connectivity index is 1.73. The largest absolute Gasteiger partial charge is 0.451 e. The third-order valence-electron chi connectivity index (χ3n) is 9.41. The van der Waals surface area contributed by atoms with Gasteiger partial charge in [-0.3, -0.25) is 9.59 Å². The average Bonchev–Trinajstić information content (AvgIpc) is 2.90. The van der Waals surface area contributed by atoms with Gasteiger partial charge in [-0.1, -0.05) is 32.4 Å². The predicted molar refractivity (Wildman–Crippen MR) is 107 cm³/mol. The molecule has 0 heterocycles. The third-order valence-corrected chi connectivity index (χ3v) is 9.41. The minimum Gasteiger partial charge on any atom is -0.451 e. The van der Waals surface area contributed by atoms with Gasteiger partial charge in [0, 0.05) is 12.3 Å². The van der Waals surface area contributed by atoms with Crippen molar-refractivity contribution < 1.29 is 19.4 Å².